The van der Waals surface area contributed by atoms with Gasteiger partial charge in [0.25, 0.3) is 0 Å². The number of aromatic nitrogens is 2. The van der Waals surface area contributed by atoms with Crippen LogP contribution in [0.5, 0.6) is 0 Å². The highest BCUT2D eigenvalue weighted by molar-refractivity contribution is 7.99. The fourth-order valence-electron chi connectivity index (χ4n) is 4.95. The van der Waals surface area contributed by atoms with Crippen LogP contribution in [0.25, 0.3) is 0 Å². The second kappa shape index (κ2) is 9.19. The number of halogens is 2. The zero-order valence-electron chi connectivity index (χ0n) is 18.0. The molecule has 2 saturated heterocycles. The molecule has 0 bridgehead atoms. The van der Waals surface area contributed by atoms with E-state index in [0.717, 1.165) is 56.3 Å². The van der Waals surface area contributed by atoms with Gasteiger partial charge in [0.2, 0.25) is 0 Å². The van der Waals surface area contributed by atoms with Crippen molar-refractivity contribution >= 4 is 23.3 Å². The van der Waals surface area contributed by atoms with Crippen molar-refractivity contribution < 1.29 is 8.78 Å². The van der Waals surface area contributed by atoms with Crippen molar-refractivity contribution in [2.45, 2.75) is 24.4 Å². The van der Waals surface area contributed by atoms with Gasteiger partial charge in [-0.15, -0.1) is 11.8 Å². The molecule has 3 aliphatic heterocycles. The van der Waals surface area contributed by atoms with Gasteiger partial charge < -0.3 is 14.7 Å². The van der Waals surface area contributed by atoms with E-state index in [4.69, 9.17) is 0 Å². The predicted octanol–water partition coefficient (Wildman–Crippen LogP) is 2.57. The molecule has 0 amide bonds. The number of likely N-dealkylation sites (tertiary alicyclic amines) is 1. The first-order valence-electron chi connectivity index (χ1n) is 11.0. The van der Waals surface area contributed by atoms with Crippen LogP contribution in [0.4, 0.5) is 14.5 Å². The third-order valence-corrected chi connectivity index (χ3v) is 7.76. The van der Waals surface area contributed by atoms with E-state index in [-0.39, 0.29) is 17.2 Å². The minimum absolute atomic E-state index is 0.0736. The van der Waals surface area contributed by atoms with E-state index in [1.807, 2.05) is 23.7 Å². The molecule has 1 aromatic heterocycles. The van der Waals surface area contributed by atoms with Gasteiger partial charge in [0.1, 0.15) is 23.0 Å². The summed E-state index contributed by atoms with van der Waals surface area (Å²) in [4.78, 5) is 14.9. The largest absolute Gasteiger partial charge is 0.362 e. The average Bonchev–Trinajstić information content (AvgIpc) is 3.47. The van der Waals surface area contributed by atoms with E-state index in [1.165, 1.54) is 18.2 Å². The van der Waals surface area contributed by atoms with Crippen molar-refractivity contribution in [2.75, 3.05) is 43.9 Å². The maximum atomic E-state index is 14.3. The molecule has 3 unspecified atom stereocenters. The summed E-state index contributed by atoms with van der Waals surface area (Å²) >= 11 is 1.81. The standard InChI is InChI=1S/C22H27F2N7S/c1-29-21(18-12-25-7-8-26-18)27-28-22(29)32-11-3-9-30-13-15-6-10-31(19(15)14-30)20-16(23)4-2-5-17(20)24/h2,4-5,7-8,12,15,19,22,28H,3,6,9-11,13-14H2,1H3. The molecule has 32 heavy (non-hydrogen) atoms. The van der Waals surface area contributed by atoms with E-state index < -0.39 is 11.6 Å². The number of amidine groups is 1. The Hall–Kier alpha value is -2.46. The number of hydrogen-bond donors (Lipinski definition) is 1. The predicted molar refractivity (Wildman–Crippen MR) is 122 cm³/mol. The summed E-state index contributed by atoms with van der Waals surface area (Å²) in [6.45, 7) is 3.58. The van der Waals surface area contributed by atoms with E-state index in [9.17, 15) is 8.78 Å². The Labute approximate surface area is 190 Å². The van der Waals surface area contributed by atoms with Crippen molar-refractivity contribution in [3.05, 3.63) is 54.1 Å². The second-order valence-electron chi connectivity index (χ2n) is 8.48. The first-order valence-corrected chi connectivity index (χ1v) is 12.0. The Morgan fingerprint density at radius 2 is 2.03 bits per heavy atom. The van der Waals surface area contributed by atoms with E-state index >= 15 is 0 Å². The van der Waals surface area contributed by atoms with Crippen molar-refractivity contribution in [2.24, 2.45) is 11.0 Å². The van der Waals surface area contributed by atoms with Crippen LogP contribution in [0, 0.1) is 17.6 Å². The lowest BCUT2D eigenvalue weighted by Crippen LogP contribution is -2.37. The Morgan fingerprint density at radius 3 is 2.81 bits per heavy atom. The molecule has 2 fully saturated rings. The van der Waals surface area contributed by atoms with Crippen molar-refractivity contribution in [1.29, 1.82) is 0 Å². The third-order valence-electron chi connectivity index (χ3n) is 6.50. The number of nitrogens with zero attached hydrogens (tertiary/aromatic N) is 6. The van der Waals surface area contributed by atoms with E-state index in [0.29, 0.717) is 5.92 Å². The zero-order chi connectivity index (χ0) is 22.1. The molecule has 4 heterocycles. The highest BCUT2D eigenvalue weighted by Gasteiger charge is 2.42. The molecule has 5 rings (SSSR count). The van der Waals surface area contributed by atoms with Crippen LogP contribution < -0.4 is 10.3 Å². The zero-order valence-corrected chi connectivity index (χ0v) is 18.8. The van der Waals surface area contributed by atoms with Crippen LogP contribution >= 0.6 is 11.8 Å². The molecule has 0 aliphatic carbocycles. The molecular formula is C22H27F2N7S. The number of nitrogens with one attached hydrogen (secondary N) is 1. The smallest absolute Gasteiger partial charge is 0.178 e. The van der Waals surface area contributed by atoms with Gasteiger partial charge in [-0.2, -0.15) is 5.10 Å². The van der Waals surface area contributed by atoms with Crippen LogP contribution in [0.3, 0.4) is 0 Å². The van der Waals surface area contributed by atoms with Crippen LogP contribution in [0.15, 0.2) is 41.9 Å². The number of anilines is 1. The molecular weight excluding hydrogens is 432 g/mol. The Kier molecular flexibility index (Phi) is 6.14. The number of fused-ring (bicyclic) bond motifs is 1. The van der Waals surface area contributed by atoms with Gasteiger partial charge in [-0.25, -0.2) is 13.8 Å². The number of thioether (sulfide) groups is 1. The summed E-state index contributed by atoms with van der Waals surface area (Å²) in [6.07, 6.45) is 7.06. The van der Waals surface area contributed by atoms with Crippen molar-refractivity contribution in [1.82, 2.24) is 25.2 Å². The molecule has 1 N–H and O–H groups in total. The molecule has 0 radical (unpaired) electrons. The van der Waals surface area contributed by atoms with Gasteiger partial charge in [-0.1, -0.05) is 6.07 Å². The summed E-state index contributed by atoms with van der Waals surface area (Å²) in [5.74, 6) is 1.34. The first-order chi connectivity index (χ1) is 15.6. The quantitative estimate of drug-likeness (QED) is 0.639. The van der Waals surface area contributed by atoms with Crippen LogP contribution in [0.1, 0.15) is 18.5 Å². The number of rotatable bonds is 7. The first kappa shape index (κ1) is 21.4. The Morgan fingerprint density at radius 1 is 1.19 bits per heavy atom. The lowest BCUT2D eigenvalue weighted by Gasteiger charge is -2.27. The molecule has 0 spiro atoms. The summed E-state index contributed by atoms with van der Waals surface area (Å²) < 4.78 is 28.6. The summed E-state index contributed by atoms with van der Waals surface area (Å²) in [5, 5.41) is 4.41. The highest BCUT2D eigenvalue weighted by Crippen LogP contribution is 2.37. The Bertz CT molecular complexity index is 956. The molecule has 7 nitrogen and oxygen atoms in total. The summed E-state index contributed by atoms with van der Waals surface area (Å²) in [7, 11) is 2.00. The second-order valence-corrected chi connectivity index (χ2v) is 9.67. The number of hydrazone groups is 1. The number of benzene rings is 1. The molecule has 3 atom stereocenters. The molecule has 10 heteroatoms. The van der Waals surface area contributed by atoms with E-state index in [1.54, 1.807) is 18.6 Å². The molecule has 0 saturated carbocycles. The SMILES string of the molecule is CN1C(c2cnccn2)=NNC1SCCCN1CC2CCN(c3c(F)cccc3F)C2C1. The topological polar surface area (TPSA) is 59.9 Å². The number of para-hydroxylation sites is 1. The minimum atomic E-state index is -0.461. The fraction of sp³-hybridized carbons (Fsp3) is 0.500. The van der Waals surface area contributed by atoms with Gasteiger partial charge in [0.05, 0.1) is 6.20 Å². The maximum absolute atomic E-state index is 14.3. The van der Waals surface area contributed by atoms with Gasteiger partial charge in [0, 0.05) is 45.1 Å². The van der Waals surface area contributed by atoms with Gasteiger partial charge in [-0.3, -0.25) is 10.4 Å². The third kappa shape index (κ3) is 4.13. The summed E-state index contributed by atoms with van der Waals surface area (Å²) in [5.41, 5.74) is 4.14. The fourth-order valence-corrected chi connectivity index (χ4v) is 5.92. The molecule has 1 aromatic carbocycles. The average molecular weight is 460 g/mol. The van der Waals surface area contributed by atoms with E-state index in [2.05, 4.69) is 30.3 Å². The lowest BCUT2D eigenvalue weighted by molar-refractivity contribution is 0.318. The monoisotopic (exact) mass is 459 g/mol. The minimum Gasteiger partial charge on any atom is -0.362 e. The highest BCUT2D eigenvalue weighted by atomic mass is 32.2. The lowest BCUT2D eigenvalue weighted by atomic mass is 10.0. The molecule has 3 aliphatic rings. The van der Waals surface area contributed by atoms with Crippen LogP contribution in [0.2, 0.25) is 0 Å². The van der Waals surface area contributed by atoms with Crippen LogP contribution in [-0.2, 0) is 0 Å². The molecule has 2 aromatic rings. The maximum Gasteiger partial charge on any atom is 0.178 e. The van der Waals surface area contributed by atoms with Gasteiger partial charge in [0.15, 0.2) is 11.3 Å². The Balaban J connectivity index is 1.09. The van der Waals surface area contributed by atoms with Crippen molar-refractivity contribution in [3.8, 4) is 0 Å². The van der Waals surface area contributed by atoms with Crippen LogP contribution in [-0.4, -0.2) is 76.1 Å². The molecule has 170 valence electrons. The summed E-state index contributed by atoms with van der Waals surface area (Å²) in [6, 6.07) is 4.32. The normalized spacial score (nSPS) is 25.2. The number of hydrogen-bond acceptors (Lipinski definition) is 8. The van der Waals surface area contributed by atoms with Gasteiger partial charge in [-0.05, 0) is 43.2 Å². The van der Waals surface area contributed by atoms with Gasteiger partial charge >= 0.3 is 0 Å². The van der Waals surface area contributed by atoms with Crippen molar-refractivity contribution in [3.63, 3.8) is 0 Å².